The van der Waals surface area contributed by atoms with Gasteiger partial charge in [-0.3, -0.25) is 4.79 Å². The minimum Gasteiger partial charge on any atom is -0.482 e. The van der Waals surface area contributed by atoms with Crippen molar-refractivity contribution in [1.29, 1.82) is 0 Å². The van der Waals surface area contributed by atoms with Crippen LogP contribution in [0, 0.1) is 0 Å². The molecule has 2 rings (SSSR count). The van der Waals surface area contributed by atoms with E-state index in [-0.39, 0.29) is 34.2 Å². The van der Waals surface area contributed by atoms with Crippen molar-refractivity contribution in [2.75, 3.05) is 26.4 Å². The highest BCUT2D eigenvalue weighted by Crippen LogP contribution is 2.28. The average molecular weight is 433 g/mol. The van der Waals surface area contributed by atoms with Crippen molar-refractivity contribution in [2.45, 2.75) is 56.4 Å². The minimum absolute atomic E-state index is 0.0279. The van der Waals surface area contributed by atoms with E-state index in [9.17, 15) is 13.2 Å². The summed E-state index contributed by atoms with van der Waals surface area (Å²) in [6, 6.07) is 4.23. The van der Waals surface area contributed by atoms with E-state index in [0.717, 1.165) is 38.5 Å². The van der Waals surface area contributed by atoms with E-state index in [1.165, 1.54) is 18.2 Å². The molecule has 1 fully saturated rings. The molecule has 1 saturated carbocycles. The zero-order valence-corrected chi connectivity index (χ0v) is 17.8. The van der Waals surface area contributed by atoms with Crippen LogP contribution in [0.15, 0.2) is 23.1 Å². The smallest absolute Gasteiger partial charge is 0.257 e. The number of halogens is 1. The van der Waals surface area contributed by atoms with E-state index in [2.05, 4.69) is 10.0 Å². The van der Waals surface area contributed by atoms with Gasteiger partial charge in [-0.15, -0.1) is 0 Å². The van der Waals surface area contributed by atoms with Gasteiger partial charge in [0.05, 0.1) is 9.92 Å². The van der Waals surface area contributed by atoms with Gasteiger partial charge in [0.25, 0.3) is 5.91 Å². The third-order valence-electron chi connectivity index (χ3n) is 4.49. The minimum atomic E-state index is -3.63. The molecule has 0 radical (unpaired) electrons. The van der Waals surface area contributed by atoms with Gasteiger partial charge >= 0.3 is 0 Å². The summed E-state index contributed by atoms with van der Waals surface area (Å²) in [6.07, 6.45) is 5.65. The molecule has 7 nitrogen and oxygen atoms in total. The SMILES string of the molecule is CCOCCCNC(=O)COc1ccc(S(=O)(=O)NC2CCCCC2)cc1Cl. The van der Waals surface area contributed by atoms with Crippen molar-refractivity contribution < 1.29 is 22.7 Å². The van der Waals surface area contributed by atoms with Crippen LogP contribution < -0.4 is 14.8 Å². The van der Waals surface area contributed by atoms with Crippen molar-refractivity contribution in [3.05, 3.63) is 23.2 Å². The first kappa shape index (κ1) is 22.9. The molecule has 0 aromatic heterocycles. The van der Waals surface area contributed by atoms with E-state index in [0.29, 0.717) is 19.8 Å². The second-order valence-electron chi connectivity index (χ2n) is 6.74. The van der Waals surface area contributed by atoms with E-state index < -0.39 is 10.0 Å². The highest BCUT2D eigenvalue weighted by atomic mass is 35.5. The second kappa shape index (κ2) is 11.6. The van der Waals surface area contributed by atoms with Crippen molar-refractivity contribution in [3.63, 3.8) is 0 Å². The number of rotatable bonds is 11. The predicted octanol–water partition coefficient (Wildman–Crippen LogP) is 2.87. The van der Waals surface area contributed by atoms with Gasteiger partial charge in [-0.25, -0.2) is 13.1 Å². The van der Waals surface area contributed by atoms with Gasteiger partial charge in [0.15, 0.2) is 6.61 Å². The molecule has 0 spiro atoms. The lowest BCUT2D eigenvalue weighted by Gasteiger charge is -2.22. The van der Waals surface area contributed by atoms with Gasteiger partial charge in [-0.1, -0.05) is 30.9 Å². The Balaban J connectivity index is 1.84. The Hall–Kier alpha value is -1.35. The third-order valence-corrected chi connectivity index (χ3v) is 6.30. The zero-order chi connectivity index (χ0) is 20.4. The molecule has 1 aliphatic carbocycles. The van der Waals surface area contributed by atoms with E-state index >= 15 is 0 Å². The van der Waals surface area contributed by atoms with Crippen LogP contribution in [0.5, 0.6) is 5.75 Å². The van der Waals surface area contributed by atoms with Crippen molar-refractivity contribution in [1.82, 2.24) is 10.0 Å². The molecule has 0 atom stereocenters. The standard InChI is InChI=1S/C19H29ClN2O5S/c1-2-26-12-6-11-21-19(23)14-27-18-10-9-16(13-17(18)20)28(24,25)22-15-7-4-3-5-8-15/h9-10,13,15,22H,2-8,11-12,14H2,1H3,(H,21,23). The van der Waals surface area contributed by atoms with Gasteiger partial charge in [0.2, 0.25) is 10.0 Å². The first-order chi connectivity index (χ1) is 13.4. The molecule has 1 amide bonds. The van der Waals surface area contributed by atoms with Crippen molar-refractivity contribution in [2.24, 2.45) is 0 Å². The number of nitrogens with one attached hydrogen (secondary N) is 2. The Bertz CT molecular complexity index is 736. The number of carbonyl (C=O) groups is 1. The molecule has 0 unspecified atom stereocenters. The first-order valence-electron chi connectivity index (χ1n) is 9.71. The summed E-state index contributed by atoms with van der Waals surface area (Å²) in [4.78, 5) is 11.9. The maximum absolute atomic E-state index is 12.5. The molecule has 1 aromatic carbocycles. The van der Waals surface area contributed by atoms with E-state index in [1.807, 2.05) is 6.92 Å². The lowest BCUT2D eigenvalue weighted by atomic mass is 9.96. The van der Waals surface area contributed by atoms with E-state index in [1.54, 1.807) is 0 Å². The number of hydrogen-bond acceptors (Lipinski definition) is 5. The predicted molar refractivity (Wildman–Crippen MR) is 108 cm³/mol. The average Bonchev–Trinajstić information content (AvgIpc) is 2.67. The molecule has 0 saturated heterocycles. The summed E-state index contributed by atoms with van der Waals surface area (Å²) in [6.45, 7) is 3.46. The molecule has 1 aromatic rings. The molecule has 2 N–H and O–H groups in total. The molecule has 28 heavy (non-hydrogen) atoms. The molecule has 0 bridgehead atoms. The van der Waals surface area contributed by atoms with Crippen LogP contribution in [0.3, 0.4) is 0 Å². The monoisotopic (exact) mass is 432 g/mol. The van der Waals surface area contributed by atoms with Crippen LogP contribution in [0.1, 0.15) is 45.4 Å². The Kier molecular flexibility index (Phi) is 9.50. The topological polar surface area (TPSA) is 93.7 Å². The van der Waals surface area contributed by atoms with Crippen LogP contribution in [0.2, 0.25) is 5.02 Å². The maximum Gasteiger partial charge on any atom is 0.257 e. The fraction of sp³-hybridized carbons (Fsp3) is 0.632. The van der Waals surface area contributed by atoms with E-state index in [4.69, 9.17) is 21.1 Å². The van der Waals surface area contributed by atoms with Gasteiger partial charge in [-0.05, 0) is 44.4 Å². The molecule has 1 aliphatic rings. The molecule has 158 valence electrons. The summed E-state index contributed by atoms with van der Waals surface area (Å²) < 4.78 is 38.4. The Morgan fingerprint density at radius 3 is 2.68 bits per heavy atom. The normalized spacial score (nSPS) is 15.4. The highest BCUT2D eigenvalue weighted by molar-refractivity contribution is 7.89. The number of benzene rings is 1. The Morgan fingerprint density at radius 2 is 2.00 bits per heavy atom. The molecule has 9 heteroatoms. The number of carbonyl (C=O) groups excluding carboxylic acids is 1. The number of amides is 1. The summed E-state index contributed by atoms with van der Waals surface area (Å²) in [5, 5.41) is 2.87. The lowest BCUT2D eigenvalue weighted by molar-refractivity contribution is -0.123. The quantitative estimate of drug-likeness (QED) is 0.524. The molecule has 0 heterocycles. The maximum atomic E-state index is 12.5. The fourth-order valence-corrected chi connectivity index (χ4v) is 4.64. The van der Waals surface area contributed by atoms with Gasteiger partial charge in [-0.2, -0.15) is 0 Å². The largest absolute Gasteiger partial charge is 0.482 e. The van der Waals surface area contributed by atoms with Crippen LogP contribution in [-0.4, -0.2) is 46.7 Å². The lowest BCUT2D eigenvalue weighted by Crippen LogP contribution is -2.36. The number of hydrogen-bond donors (Lipinski definition) is 2. The van der Waals surface area contributed by atoms with Gasteiger partial charge in [0.1, 0.15) is 5.75 Å². The van der Waals surface area contributed by atoms with Crippen LogP contribution in [0.4, 0.5) is 0 Å². The fourth-order valence-electron chi connectivity index (χ4n) is 3.01. The van der Waals surface area contributed by atoms with Crippen LogP contribution in [-0.2, 0) is 19.6 Å². The van der Waals surface area contributed by atoms with Gasteiger partial charge in [0, 0.05) is 25.8 Å². The van der Waals surface area contributed by atoms with Gasteiger partial charge < -0.3 is 14.8 Å². The van der Waals surface area contributed by atoms with Crippen LogP contribution in [0.25, 0.3) is 0 Å². The summed E-state index contributed by atoms with van der Waals surface area (Å²) >= 11 is 6.16. The number of ether oxygens (including phenoxy) is 2. The second-order valence-corrected chi connectivity index (χ2v) is 8.86. The Labute approximate surface area is 172 Å². The van der Waals surface area contributed by atoms with Crippen molar-refractivity contribution in [3.8, 4) is 5.75 Å². The zero-order valence-electron chi connectivity index (χ0n) is 16.2. The van der Waals surface area contributed by atoms with Crippen molar-refractivity contribution >= 4 is 27.5 Å². The highest BCUT2D eigenvalue weighted by Gasteiger charge is 2.22. The molecular weight excluding hydrogens is 404 g/mol. The summed E-state index contributed by atoms with van der Waals surface area (Å²) in [5.74, 6) is -0.00835. The first-order valence-corrected chi connectivity index (χ1v) is 11.6. The molecule has 0 aliphatic heterocycles. The van der Waals surface area contributed by atoms with Crippen LogP contribution >= 0.6 is 11.6 Å². The molecular formula is C19H29ClN2O5S. The Morgan fingerprint density at radius 1 is 1.25 bits per heavy atom. The summed E-state index contributed by atoms with van der Waals surface area (Å²) in [5.41, 5.74) is 0. The number of sulfonamides is 1. The third kappa shape index (κ3) is 7.58. The summed E-state index contributed by atoms with van der Waals surface area (Å²) in [7, 11) is -3.63.